The Bertz CT molecular complexity index is 347. The van der Waals surface area contributed by atoms with Crippen molar-refractivity contribution in [3.8, 4) is 6.07 Å². The largest absolute Gasteiger partial charge is 0.381 e. The summed E-state index contributed by atoms with van der Waals surface area (Å²) in [6.45, 7) is 0. The Morgan fingerprint density at radius 2 is 2.13 bits per heavy atom. The zero-order valence-corrected chi connectivity index (χ0v) is 9.39. The first-order chi connectivity index (χ1) is 7.38. The van der Waals surface area contributed by atoms with E-state index in [9.17, 15) is 0 Å². The molecule has 2 nitrogen and oxygen atoms in total. The molecule has 1 fully saturated rings. The number of benzene rings is 1. The van der Waals surface area contributed by atoms with Gasteiger partial charge in [-0.05, 0) is 42.9 Å². The molecule has 0 spiro atoms. The van der Waals surface area contributed by atoms with Crippen LogP contribution in [0.15, 0.2) is 24.3 Å². The molecule has 1 heterocycles. The maximum Gasteiger partial charge on any atom is 0.0991 e. The van der Waals surface area contributed by atoms with E-state index in [1.54, 1.807) is 0 Å². The molecule has 1 aliphatic rings. The third-order valence-electron chi connectivity index (χ3n) is 2.55. The summed E-state index contributed by atoms with van der Waals surface area (Å²) in [5, 5.41) is 12.2. The molecule has 2 rings (SSSR count). The van der Waals surface area contributed by atoms with Crippen molar-refractivity contribution in [2.24, 2.45) is 0 Å². The van der Waals surface area contributed by atoms with Gasteiger partial charge in [-0.25, -0.2) is 0 Å². The fourth-order valence-corrected chi connectivity index (χ4v) is 2.80. The molecule has 1 atom stereocenters. The van der Waals surface area contributed by atoms with Crippen LogP contribution in [0.2, 0.25) is 0 Å². The van der Waals surface area contributed by atoms with Crippen LogP contribution in [-0.2, 0) is 0 Å². The van der Waals surface area contributed by atoms with E-state index in [0.717, 1.165) is 11.3 Å². The topological polar surface area (TPSA) is 35.8 Å². The quantitative estimate of drug-likeness (QED) is 0.829. The Balaban J connectivity index is 1.95. The summed E-state index contributed by atoms with van der Waals surface area (Å²) < 4.78 is 0. The van der Waals surface area contributed by atoms with Crippen LogP contribution in [0.1, 0.15) is 18.4 Å². The van der Waals surface area contributed by atoms with Crippen LogP contribution in [0.5, 0.6) is 0 Å². The third-order valence-corrected chi connectivity index (χ3v) is 3.76. The molecule has 1 aliphatic heterocycles. The van der Waals surface area contributed by atoms with Crippen molar-refractivity contribution in [3.63, 3.8) is 0 Å². The average molecular weight is 218 g/mol. The second kappa shape index (κ2) is 5.09. The number of thioether (sulfide) groups is 1. The Labute approximate surface area is 94.7 Å². The lowest BCUT2D eigenvalue weighted by atomic mass is 10.1. The molecule has 1 saturated heterocycles. The SMILES string of the molecule is N#Cc1ccc(NC2CCCSC2)cc1. The Kier molecular flexibility index (Phi) is 3.52. The van der Waals surface area contributed by atoms with Crippen LogP contribution in [0.25, 0.3) is 0 Å². The number of anilines is 1. The van der Waals surface area contributed by atoms with Crippen LogP contribution in [0, 0.1) is 11.3 Å². The standard InChI is InChI=1S/C12H14N2S/c13-8-10-3-5-11(6-4-10)14-12-2-1-7-15-9-12/h3-6,12,14H,1-2,7,9H2. The van der Waals surface area contributed by atoms with E-state index >= 15 is 0 Å². The molecule has 0 radical (unpaired) electrons. The number of rotatable bonds is 2. The van der Waals surface area contributed by atoms with Gasteiger partial charge in [0.15, 0.2) is 0 Å². The van der Waals surface area contributed by atoms with Gasteiger partial charge in [0.1, 0.15) is 0 Å². The van der Waals surface area contributed by atoms with Crippen molar-refractivity contribution < 1.29 is 0 Å². The highest BCUT2D eigenvalue weighted by Crippen LogP contribution is 2.20. The molecule has 0 amide bonds. The zero-order valence-electron chi connectivity index (χ0n) is 8.57. The smallest absolute Gasteiger partial charge is 0.0991 e. The predicted octanol–water partition coefficient (Wildman–Crippen LogP) is 2.87. The van der Waals surface area contributed by atoms with Gasteiger partial charge in [0.2, 0.25) is 0 Å². The predicted molar refractivity (Wildman–Crippen MR) is 65.1 cm³/mol. The minimum Gasteiger partial charge on any atom is -0.381 e. The van der Waals surface area contributed by atoms with E-state index < -0.39 is 0 Å². The first kappa shape index (κ1) is 10.4. The highest BCUT2D eigenvalue weighted by atomic mass is 32.2. The van der Waals surface area contributed by atoms with Crippen LogP contribution < -0.4 is 5.32 Å². The van der Waals surface area contributed by atoms with Crippen LogP contribution in [-0.4, -0.2) is 17.5 Å². The monoisotopic (exact) mass is 218 g/mol. The van der Waals surface area contributed by atoms with Gasteiger partial charge in [-0.15, -0.1) is 0 Å². The van der Waals surface area contributed by atoms with Gasteiger partial charge in [-0.2, -0.15) is 17.0 Å². The Morgan fingerprint density at radius 1 is 1.33 bits per heavy atom. The molecule has 1 aromatic rings. The molecule has 78 valence electrons. The summed E-state index contributed by atoms with van der Waals surface area (Å²) in [7, 11) is 0. The summed E-state index contributed by atoms with van der Waals surface area (Å²) in [6, 6.07) is 10.4. The maximum absolute atomic E-state index is 8.68. The average Bonchev–Trinajstić information content (AvgIpc) is 2.31. The number of hydrogen-bond donors (Lipinski definition) is 1. The summed E-state index contributed by atoms with van der Waals surface area (Å²) in [4.78, 5) is 0. The molecule has 15 heavy (non-hydrogen) atoms. The maximum atomic E-state index is 8.68. The lowest BCUT2D eigenvalue weighted by molar-refractivity contribution is 0.685. The van der Waals surface area contributed by atoms with Gasteiger partial charge in [-0.3, -0.25) is 0 Å². The van der Waals surface area contributed by atoms with Gasteiger partial charge >= 0.3 is 0 Å². The molecule has 3 heteroatoms. The van der Waals surface area contributed by atoms with E-state index in [1.165, 1.54) is 24.3 Å². The van der Waals surface area contributed by atoms with Crippen LogP contribution in [0.4, 0.5) is 5.69 Å². The molecule has 0 aromatic heterocycles. The molecular formula is C12H14N2S. The van der Waals surface area contributed by atoms with E-state index in [4.69, 9.17) is 5.26 Å². The Morgan fingerprint density at radius 3 is 2.73 bits per heavy atom. The third kappa shape index (κ3) is 2.90. The number of nitriles is 1. The van der Waals surface area contributed by atoms with E-state index in [2.05, 4.69) is 11.4 Å². The summed E-state index contributed by atoms with van der Waals surface area (Å²) >= 11 is 2.02. The van der Waals surface area contributed by atoms with E-state index in [0.29, 0.717) is 6.04 Å². The first-order valence-electron chi connectivity index (χ1n) is 5.23. The number of nitrogens with one attached hydrogen (secondary N) is 1. The minimum absolute atomic E-state index is 0.594. The van der Waals surface area contributed by atoms with Gasteiger partial charge in [0, 0.05) is 17.5 Å². The van der Waals surface area contributed by atoms with Crippen molar-refractivity contribution >= 4 is 17.4 Å². The molecule has 1 unspecified atom stereocenters. The van der Waals surface area contributed by atoms with Crippen molar-refractivity contribution in [2.75, 3.05) is 16.8 Å². The van der Waals surface area contributed by atoms with Crippen molar-refractivity contribution in [3.05, 3.63) is 29.8 Å². The number of hydrogen-bond acceptors (Lipinski definition) is 3. The zero-order chi connectivity index (χ0) is 10.5. The second-order valence-corrected chi connectivity index (χ2v) is 4.90. The fourth-order valence-electron chi connectivity index (χ4n) is 1.73. The summed E-state index contributed by atoms with van der Waals surface area (Å²) in [6.07, 6.45) is 2.56. The van der Waals surface area contributed by atoms with Crippen LogP contribution in [0.3, 0.4) is 0 Å². The lowest BCUT2D eigenvalue weighted by Crippen LogP contribution is -2.25. The molecule has 1 aromatic carbocycles. The van der Waals surface area contributed by atoms with Gasteiger partial charge < -0.3 is 5.32 Å². The fraction of sp³-hybridized carbons (Fsp3) is 0.417. The highest BCUT2D eigenvalue weighted by Gasteiger charge is 2.12. The highest BCUT2D eigenvalue weighted by molar-refractivity contribution is 7.99. The summed E-state index contributed by atoms with van der Waals surface area (Å²) in [5.41, 5.74) is 1.85. The van der Waals surface area contributed by atoms with Crippen LogP contribution >= 0.6 is 11.8 Å². The molecule has 0 aliphatic carbocycles. The van der Waals surface area contributed by atoms with E-state index in [-0.39, 0.29) is 0 Å². The normalized spacial score (nSPS) is 20.6. The van der Waals surface area contributed by atoms with E-state index in [1.807, 2.05) is 36.0 Å². The second-order valence-electron chi connectivity index (χ2n) is 3.75. The lowest BCUT2D eigenvalue weighted by Gasteiger charge is -2.23. The van der Waals surface area contributed by atoms with Crippen molar-refractivity contribution in [1.29, 1.82) is 5.26 Å². The molecule has 0 saturated carbocycles. The minimum atomic E-state index is 0.594. The first-order valence-corrected chi connectivity index (χ1v) is 6.38. The Hall–Kier alpha value is -1.14. The molecule has 1 N–H and O–H groups in total. The molecule has 0 bridgehead atoms. The van der Waals surface area contributed by atoms with Crippen molar-refractivity contribution in [2.45, 2.75) is 18.9 Å². The van der Waals surface area contributed by atoms with Gasteiger partial charge in [0.05, 0.1) is 11.6 Å². The number of nitrogens with zero attached hydrogens (tertiary/aromatic N) is 1. The van der Waals surface area contributed by atoms with Gasteiger partial charge in [-0.1, -0.05) is 0 Å². The van der Waals surface area contributed by atoms with Gasteiger partial charge in [0.25, 0.3) is 0 Å². The summed E-state index contributed by atoms with van der Waals surface area (Å²) in [5.74, 6) is 2.49. The van der Waals surface area contributed by atoms with Crippen molar-refractivity contribution in [1.82, 2.24) is 0 Å². The molecular weight excluding hydrogens is 204 g/mol.